The molecule has 6 nitrogen and oxygen atoms in total. The van der Waals surface area contributed by atoms with Crippen LogP contribution in [0.2, 0.25) is 0 Å². The largest absolute Gasteiger partial charge is 0.497 e. The summed E-state index contributed by atoms with van der Waals surface area (Å²) in [6, 6.07) is 13.3. The Morgan fingerprint density at radius 3 is 2.70 bits per heavy atom. The number of rotatable bonds is 8. The second kappa shape index (κ2) is 8.58. The highest BCUT2D eigenvalue weighted by atomic mass is 16.5. The van der Waals surface area contributed by atoms with Gasteiger partial charge in [-0.3, -0.25) is 9.59 Å². The molecule has 0 bridgehead atoms. The lowest BCUT2D eigenvalue weighted by Gasteiger charge is -2.13. The third-order valence-corrected chi connectivity index (χ3v) is 4.52. The summed E-state index contributed by atoms with van der Waals surface area (Å²) in [6.45, 7) is 2.56. The van der Waals surface area contributed by atoms with E-state index in [-0.39, 0.29) is 24.3 Å². The van der Waals surface area contributed by atoms with Gasteiger partial charge in [-0.2, -0.15) is 0 Å². The van der Waals surface area contributed by atoms with Crippen LogP contribution in [0.4, 0.5) is 11.4 Å². The number of ether oxygens (including phenoxy) is 1. The van der Waals surface area contributed by atoms with Gasteiger partial charge in [0.25, 0.3) is 0 Å². The fraction of sp³-hybridized carbons (Fsp3) is 0.333. The minimum Gasteiger partial charge on any atom is -0.497 e. The Kier molecular flexibility index (Phi) is 5.96. The molecule has 0 radical (unpaired) electrons. The molecule has 0 unspecified atom stereocenters. The van der Waals surface area contributed by atoms with Gasteiger partial charge in [0.15, 0.2) is 0 Å². The third-order valence-electron chi connectivity index (χ3n) is 4.52. The Morgan fingerprint density at radius 2 is 1.96 bits per heavy atom. The molecule has 0 aliphatic heterocycles. The zero-order valence-corrected chi connectivity index (χ0v) is 15.7. The van der Waals surface area contributed by atoms with E-state index in [4.69, 9.17) is 4.74 Å². The second-order valence-corrected chi connectivity index (χ2v) is 6.78. The normalized spacial score (nSPS) is 13.0. The Hall–Kier alpha value is -3.02. The van der Waals surface area contributed by atoms with E-state index in [0.29, 0.717) is 6.54 Å². The molecule has 1 saturated carbocycles. The van der Waals surface area contributed by atoms with Gasteiger partial charge in [-0.1, -0.05) is 18.2 Å². The number of hydrogen-bond acceptors (Lipinski definition) is 4. The lowest BCUT2D eigenvalue weighted by Crippen LogP contribution is -2.29. The second-order valence-electron chi connectivity index (χ2n) is 6.78. The maximum Gasteiger partial charge on any atom is 0.239 e. The van der Waals surface area contributed by atoms with E-state index < -0.39 is 0 Å². The molecule has 0 spiro atoms. The fourth-order valence-electron chi connectivity index (χ4n) is 2.70. The summed E-state index contributed by atoms with van der Waals surface area (Å²) >= 11 is 0. The zero-order chi connectivity index (χ0) is 19.2. The monoisotopic (exact) mass is 367 g/mol. The Morgan fingerprint density at radius 1 is 1.15 bits per heavy atom. The van der Waals surface area contributed by atoms with Crippen molar-refractivity contribution in [3.8, 4) is 5.75 Å². The van der Waals surface area contributed by atoms with Crippen LogP contribution in [0.15, 0.2) is 42.5 Å². The first kappa shape index (κ1) is 18.8. The van der Waals surface area contributed by atoms with Gasteiger partial charge in [0.2, 0.25) is 11.8 Å². The highest BCUT2D eigenvalue weighted by Gasteiger charge is 2.29. The van der Waals surface area contributed by atoms with Crippen LogP contribution in [-0.2, 0) is 16.1 Å². The molecule has 0 heterocycles. The molecule has 1 aliphatic carbocycles. The first-order valence-corrected chi connectivity index (χ1v) is 9.10. The average molecular weight is 367 g/mol. The summed E-state index contributed by atoms with van der Waals surface area (Å²) in [6.07, 6.45) is 1.94. The van der Waals surface area contributed by atoms with Crippen LogP contribution in [0, 0.1) is 12.8 Å². The molecular formula is C21H25N3O3. The molecule has 1 fully saturated rings. The van der Waals surface area contributed by atoms with Gasteiger partial charge in [-0.15, -0.1) is 0 Å². The fourth-order valence-corrected chi connectivity index (χ4v) is 2.70. The molecule has 0 atom stereocenters. The van der Waals surface area contributed by atoms with Crippen molar-refractivity contribution in [2.75, 3.05) is 24.3 Å². The van der Waals surface area contributed by atoms with Gasteiger partial charge >= 0.3 is 0 Å². The molecule has 0 saturated heterocycles. The molecule has 2 aromatic carbocycles. The number of methoxy groups -OCH3 is 1. The van der Waals surface area contributed by atoms with Crippen molar-refractivity contribution in [2.45, 2.75) is 26.3 Å². The topological polar surface area (TPSA) is 79.5 Å². The standard InChI is InChI=1S/C21H25N3O3/c1-14-6-9-17(24-21(26)16-7-8-16)11-19(14)22-13-20(25)23-12-15-4-3-5-18(10-15)27-2/h3-6,9-11,16,22H,7-8,12-13H2,1-2H3,(H,23,25)(H,24,26). The third kappa shape index (κ3) is 5.48. The molecule has 3 N–H and O–H groups in total. The van der Waals surface area contributed by atoms with Crippen molar-refractivity contribution in [1.29, 1.82) is 0 Å². The van der Waals surface area contributed by atoms with Crippen LogP contribution < -0.4 is 20.7 Å². The minimum atomic E-state index is -0.107. The number of benzene rings is 2. The molecule has 2 amide bonds. The molecule has 142 valence electrons. The van der Waals surface area contributed by atoms with Gasteiger partial charge in [0.1, 0.15) is 5.75 Å². The van der Waals surface area contributed by atoms with Crippen molar-refractivity contribution in [3.63, 3.8) is 0 Å². The minimum absolute atomic E-state index is 0.0702. The van der Waals surface area contributed by atoms with Crippen molar-refractivity contribution >= 4 is 23.2 Å². The van der Waals surface area contributed by atoms with Crippen LogP contribution >= 0.6 is 0 Å². The Balaban J connectivity index is 1.50. The summed E-state index contributed by atoms with van der Waals surface area (Å²) in [5.74, 6) is 0.885. The maximum absolute atomic E-state index is 12.1. The molecule has 0 aromatic heterocycles. The van der Waals surface area contributed by atoms with Crippen LogP contribution in [0.5, 0.6) is 5.75 Å². The van der Waals surface area contributed by atoms with Crippen LogP contribution in [0.3, 0.4) is 0 Å². The summed E-state index contributed by atoms with van der Waals surface area (Å²) in [4.78, 5) is 24.0. The van der Waals surface area contributed by atoms with Gasteiger partial charge in [0, 0.05) is 23.8 Å². The summed E-state index contributed by atoms with van der Waals surface area (Å²) in [7, 11) is 1.62. The van der Waals surface area contributed by atoms with Crippen molar-refractivity contribution < 1.29 is 14.3 Å². The lowest BCUT2D eigenvalue weighted by atomic mass is 10.1. The number of anilines is 2. The summed E-state index contributed by atoms with van der Waals surface area (Å²) < 4.78 is 5.18. The van der Waals surface area contributed by atoms with Crippen LogP contribution in [-0.4, -0.2) is 25.5 Å². The van der Waals surface area contributed by atoms with Crippen molar-refractivity contribution in [1.82, 2.24) is 5.32 Å². The molecule has 6 heteroatoms. The molecule has 2 aromatic rings. The first-order chi connectivity index (χ1) is 13.0. The number of carbonyl (C=O) groups excluding carboxylic acids is 2. The molecule has 27 heavy (non-hydrogen) atoms. The molecule has 1 aliphatic rings. The van der Waals surface area contributed by atoms with E-state index in [1.165, 1.54) is 0 Å². The van der Waals surface area contributed by atoms with Crippen molar-refractivity contribution in [3.05, 3.63) is 53.6 Å². The number of nitrogens with one attached hydrogen (secondary N) is 3. The number of carbonyl (C=O) groups is 2. The van der Waals surface area contributed by atoms with E-state index >= 15 is 0 Å². The van der Waals surface area contributed by atoms with Crippen LogP contribution in [0.1, 0.15) is 24.0 Å². The van der Waals surface area contributed by atoms with E-state index in [9.17, 15) is 9.59 Å². The van der Waals surface area contributed by atoms with Gasteiger partial charge in [0.05, 0.1) is 13.7 Å². The highest BCUT2D eigenvalue weighted by Crippen LogP contribution is 2.30. The van der Waals surface area contributed by atoms with E-state index in [2.05, 4.69) is 16.0 Å². The predicted molar refractivity (Wildman–Crippen MR) is 106 cm³/mol. The van der Waals surface area contributed by atoms with Gasteiger partial charge < -0.3 is 20.7 Å². The van der Waals surface area contributed by atoms with E-state index in [1.54, 1.807) is 7.11 Å². The molecular weight excluding hydrogens is 342 g/mol. The van der Waals surface area contributed by atoms with Gasteiger partial charge in [-0.25, -0.2) is 0 Å². The quantitative estimate of drug-likeness (QED) is 0.670. The lowest BCUT2D eigenvalue weighted by molar-refractivity contribution is -0.119. The SMILES string of the molecule is COc1cccc(CNC(=O)CNc2cc(NC(=O)C3CC3)ccc2C)c1. The first-order valence-electron chi connectivity index (χ1n) is 9.10. The summed E-state index contributed by atoms with van der Waals surface area (Å²) in [5, 5.41) is 8.95. The Bertz CT molecular complexity index is 831. The zero-order valence-electron chi connectivity index (χ0n) is 15.7. The highest BCUT2D eigenvalue weighted by molar-refractivity contribution is 5.94. The number of hydrogen-bond donors (Lipinski definition) is 3. The average Bonchev–Trinajstić information content (AvgIpc) is 3.52. The van der Waals surface area contributed by atoms with E-state index in [1.807, 2.05) is 49.4 Å². The van der Waals surface area contributed by atoms with Gasteiger partial charge in [-0.05, 0) is 55.2 Å². The van der Waals surface area contributed by atoms with E-state index in [0.717, 1.165) is 41.1 Å². The molecule has 3 rings (SSSR count). The smallest absolute Gasteiger partial charge is 0.239 e. The Labute approximate surface area is 159 Å². The maximum atomic E-state index is 12.1. The number of aryl methyl sites for hydroxylation is 1. The number of amides is 2. The predicted octanol–water partition coefficient (Wildman–Crippen LogP) is 3.08. The van der Waals surface area contributed by atoms with Crippen molar-refractivity contribution in [2.24, 2.45) is 5.92 Å². The van der Waals surface area contributed by atoms with Crippen LogP contribution in [0.25, 0.3) is 0 Å². The summed E-state index contributed by atoms with van der Waals surface area (Å²) in [5.41, 5.74) is 3.57.